The Morgan fingerprint density at radius 1 is 1.15 bits per heavy atom. The smallest absolute Gasteiger partial charge is 0.307 e. The highest BCUT2D eigenvalue weighted by atomic mass is 19.1. The van der Waals surface area contributed by atoms with Crippen molar-refractivity contribution in [2.45, 2.75) is 12.5 Å². The fourth-order valence-electron chi connectivity index (χ4n) is 1.93. The van der Waals surface area contributed by atoms with Crippen LogP contribution in [0, 0.1) is 5.82 Å². The number of halogens is 1. The van der Waals surface area contributed by atoms with Gasteiger partial charge in [-0.05, 0) is 29.8 Å². The minimum atomic E-state index is -0.317. The van der Waals surface area contributed by atoms with E-state index < -0.39 is 0 Å². The number of rotatable bonds is 5. The zero-order valence-corrected chi connectivity index (χ0v) is 11.2. The number of hydrogen-bond acceptors (Lipinski definition) is 3. The lowest BCUT2D eigenvalue weighted by Gasteiger charge is -2.19. The van der Waals surface area contributed by atoms with Gasteiger partial charge in [0.1, 0.15) is 5.82 Å². The minimum absolute atomic E-state index is 0.178. The highest BCUT2D eigenvalue weighted by Gasteiger charge is 2.16. The number of benzene rings is 2. The molecule has 0 bridgehead atoms. The van der Waals surface area contributed by atoms with Crippen LogP contribution < -0.4 is 5.32 Å². The molecule has 0 aliphatic carbocycles. The number of anilines is 1. The van der Waals surface area contributed by atoms with E-state index in [1.54, 1.807) is 12.1 Å². The van der Waals surface area contributed by atoms with Crippen LogP contribution in [-0.4, -0.2) is 13.1 Å². The number of nitrogens with one attached hydrogen (secondary N) is 1. The van der Waals surface area contributed by atoms with Gasteiger partial charge in [0.25, 0.3) is 0 Å². The van der Waals surface area contributed by atoms with Crippen molar-refractivity contribution in [1.29, 1.82) is 0 Å². The van der Waals surface area contributed by atoms with Gasteiger partial charge in [-0.3, -0.25) is 4.79 Å². The van der Waals surface area contributed by atoms with Gasteiger partial charge < -0.3 is 10.1 Å². The maximum atomic E-state index is 13.0. The fraction of sp³-hybridized carbons (Fsp3) is 0.188. The number of carbonyl (C=O) groups excluding carboxylic acids is 1. The monoisotopic (exact) mass is 273 g/mol. The molecule has 0 saturated heterocycles. The summed E-state index contributed by atoms with van der Waals surface area (Å²) < 4.78 is 17.7. The summed E-state index contributed by atoms with van der Waals surface area (Å²) in [7, 11) is 1.35. The van der Waals surface area contributed by atoms with Gasteiger partial charge in [-0.15, -0.1) is 0 Å². The Kier molecular flexibility index (Phi) is 4.71. The first-order chi connectivity index (χ1) is 9.69. The standard InChI is InChI=1S/C16H16FNO2/c1-20-16(19)11-15(12-7-9-13(17)10-8-12)18-14-5-3-2-4-6-14/h2-10,15,18H,11H2,1H3/t15-/m1/s1. The second-order valence-electron chi connectivity index (χ2n) is 4.39. The van der Waals surface area contributed by atoms with Crippen LogP contribution in [0.2, 0.25) is 0 Å². The van der Waals surface area contributed by atoms with Crippen LogP contribution in [0.25, 0.3) is 0 Å². The van der Waals surface area contributed by atoms with Crippen LogP contribution in [0.15, 0.2) is 54.6 Å². The van der Waals surface area contributed by atoms with Crippen LogP contribution in [0.1, 0.15) is 18.0 Å². The molecule has 104 valence electrons. The number of methoxy groups -OCH3 is 1. The molecule has 20 heavy (non-hydrogen) atoms. The third-order valence-corrected chi connectivity index (χ3v) is 2.99. The van der Waals surface area contributed by atoms with Crippen molar-refractivity contribution in [1.82, 2.24) is 0 Å². The molecule has 0 fully saturated rings. The third kappa shape index (κ3) is 3.82. The van der Waals surface area contributed by atoms with Gasteiger partial charge in [0, 0.05) is 5.69 Å². The number of carbonyl (C=O) groups is 1. The van der Waals surface area contributed by atoms with Crippen molar-refractivity contribution < 1.29 is 13.9 Å². The van der Waals surface area contributed by atoms with Crippen LogP contribution >= 0.6 is 0 Å². The lowest BCUT2D eigenvalue weighted by Crippen LogP contribution is -2.16. The molecule has 0 amide bonds. The molecule has 0 spiro atoms. The Labute approximate surface area is 117 Å². The van der Waals surface area contributed by atoms with Crippen molar-refractivity contribution in [3.8, 4) is 0 Å². The van der Waals surface area contributed by atoms with E-state index in [0.717, 1.165) is 11.3 Å². The lowest BCUT2D eigenvalue weighted by molar-refractivity contribution is -0.140. The molecule has 0 unspecified atom stereocenters. The molecule has 0 radical (unpaired) electrons. The summed E-state index contributed by atoms with van der Waals surface area (Å²) in [5.41, 5.74) is 1.73. The topological polar surface area (TPSA) is 38.3 Å². The second-order valence-corrected chi connectivity index (χ2v) is 4.39. The van der Waals surface area contributed by atoms with E-state index in [9.17, 15) is 9.18 Å². The first kappa shape index (κ1) is 14.1. The van der Waals surface area contributed by atoms with Gasteiger partial charge in [-0.25, -0.2) is 4.39 Å². The molecular weight excluding hydrogens is 257 g/mol. The molecule has 0 aliphatic rings. The fourth-order valence-corrected chi connectivity index (χ4v) is 1.93. The van der Waals surface area contributed by atoms with Crippen molar-refractivity contribution >= 4 is 11.7 Å². The van der Waals surface area contributed by atoms with Gasteiger partial charge in [0.15, 0.2) is 0 Å². The first-order valence-corrected chi connectivity index (χ1v) is 6.33. The van der Waals surface area contributed by atoms with Crippen LogP contribution in [-0.2, 0) is 9.53 Å². The van der Waals surface area contributed by atoms with Crippen LogP contribution in [0.4, 0.5) is 10.1 Å². The lowest BCUT2D eigenvalue weighted by atomic mass is 10.0. The van der Waals surface area contributed by atoms with E-state index in [2.05, 4.69) is 5.32 Å². The molecule has 1 atom stereocenters. The van der Waals surface area contributed by atoms with Gasteiger partial charge in [0.2, 0.25) is 0 Å². The summed E-state index contributed by atoms with van der Waals surface area (Å²) in [6, 6.07) is 15.4. The zero-order chi connectivity index (χ0) is 14.4. The van der Waals surface area contributed by atoms with Gasteiger partial charge in [0.05, 0.1) is 19.6 Å². The molecule has 4 heteroatoms. The average Bonchev–Trinajstić information content (AvgIpc) is 2.48. The maximum Gasteiger partial charge on any atom is 0.307 e. The molecule has 2 aromatic rings. The number of para-hydroxylation sites is 1. The normalized spacial score (nSPS) is 11.7. The Hall–Kier alpha value is -2.36. The van der Waals surface area contributed by atoms with Gasteiger partial charge in [-0.1, -0.05) is 30.3 Å². The number of ether oxygens (including phenoxy) is 1. The average molecular weight is 273 g/mol. The number of esters is 1. The van der Waals surface area contributed by atoms with E-state index in [4.69, 9.17) is 4.74 Å². The van der Waals surface area contributed by atoms with E-state index in [1.165, 1.54) is 19.2 Å². The third-order valence-electron chi connectivity index (χ3n) is 2.99. The quantitative estimate of drug-likeness (QED) is 0.847. The maximum absolute atomic E-state index is 13.0. The first-order valence-electron chi connectivity index (χ1n) is 6.33. The summed E-state index contributed by atoms with van der Waals surface area (Å²) in [6.45, 7) is 0. The second kappa shape index (κ2) is 6.70. The van der Waals surface area contributed by atoms with E-state index >= 15 is 0 Å². The Balaban J connectivity index is 2.20. The van der Waals surface area contributed by atoms with E-state index in [1.807, 2.05) is 30.3 Å². The summed E-state index contributed by atoms with van der Waals surface area (Å²) in [5, 5.41) is 3.26. The van der Waals surface area contributed by atoms with Crippen molar-refractivity contribution in [2.24, 2.45) is 0 Å². The Bertz CT molecular complexity index is 554. The molecule has 0 aliphatic heterocycles. The van der Waals surface area contributed by atoms with Crippen LogP contribution in [0.3, 0.4) is 0 Å². The Morgan fingerprint density at radius 2 is 1.80 bits per heavy atom. The van der Waals surface area contributed by atoms with Crippen molar-refractivity contribution in [2.75, 3.05) is 12.4 Å². The van der Waals surface area contributed by atoms with Gasteiger partial charge >= 0.3 is 5.97 Å². The highest BCUT2D eigenvalue weighted by molar-refractivity contribution is 5.71. The number of hydrogen-bond donors (Lipinski definition) is 1. The van der Waals surface area contributed by atoms with E-state index in [-0.39, 0.29) is 24.2 Å². The molecule has 0 heterocycles. The summed E-state index contributed by atoms with van der Waals surface area (Å²) in [6.07, 6.45) is 0.178. The Morgan fingerprint density at radius 3 is 2.40 bits per heavy atom. The van der Waals surface area contributed by atoms with Crippen LogP contribution in [0.5, 0.6) is 0 Å². The molecule has 3 nitrogen and oxygen atoms in total. The molecule has 0 saturated carbocycles. The van der Waals surface area contributed by atoms with E-state index in [0.29, 0.717) is 0 Å². The predicted octanol–water partition coefficient (Wildman–Crippen LogP) is 3.54. The zero-order valence-electron chi connectivity index (χ0n) is 11.2. The summed E-state index contributed by atoms with van der Waals surface area (Å²) >= 11 is 0. The molecule has 0 aromatic heterocycles. The summed E-state index contributed by atoms with van der Waals surface area (Å²) in [4.78, 5) is 11.5. The molecule has 1 N–H and O–H groups in total. The molecule has 2 aromatic carbocycles. The van der Waals surface area contributed by atoms with Gasteiger partial charge in [-0.2, -0.15) is 0 Å². The van der Waals surface area contributed by atoms with Crippen molar-refractivity contribution in [3.05, 3.63) is 66.0 Å². The van der Waals surface area contributed by atoms with Crippen molar-refractivity contribution in [3.63, 3.8) is 0 Å². The predicted molar refractivity (Wildman–Crippen MR) is 75.8 cm³/mol. The SMILES string of the molecule is COC(=O)C[C@@H](Nc1ccccc1)c1ccc(F)cc1. The summed E-state index contributed by atoms with van der Waals surface area (Å²) in [5.74, 6) is -0.618. The molecule has 2 rings (SSSR count). The molecular formula is C16H16FNO2. The minimum Gasteiger partial charge on any atom is -0.469 e. The highest BCUT2D eigenvalue weighted by Crippen LogP contribution is 2.23. The largest absolute Gasteiger partial charge is 0.469 e.